The zero-order valence-electron chi connectivity index (χ0n) is 18.0. The number of benzene rings is 2. The number of fused-ring (bicyclic) bond motifs is 1. The smallest absolute Gasteiger partial charge is 0.243 e. The summed E-state index contributed by atoms with van der Waals surface area (Å²) < 4.78 is 27.6. The van der Waals surface area contributed by atoms with Crippen molar-refractivity contribution in [3.8, 4) is 0 Å². The van der Waals surface area contributed by atoms with E-state index in [0.717, 1.165) is 23.1 Å². The first-order valence-corrected chi connectivity index (χ1v) is 12.2. The first kappa shape index (κ1) is 21.6. The Morgan fingerprint density at radius 2 is 1.87 bits per heavy atom. The minimum atomic E-state index is -3.53. The van der Waals surface area contributed by atoms with Gasteiger partial charge in [0.2, 0.25) is 15.9 Å². The van der Waals surface area contributed by atoms with Crippen molar-refractivity contribution in [2.75, 3.05) is 19.6 Å². The van der Waals surface area contributed by atoms with E-state index in [-0.39, 0.29) is 11.8 Å². The summed E-state index contributed by atoms with van der Waals surface area (Å²) in [6, 6.07) is 13.5. The van der Waals surface area contributed by atoms with Crippen molar-refractivity contribution in [3.05, 3.63) is 65.4 Å². The molecular formula is C24H29N3O3S. The predicted molar refractivity (Wildman–Crippen MR) is 122 cm³/mol. The van der Waals surface area contributed by atoms with Gasteiger partial charge in [-0.05, 0) is 56.4 Å². The number of aryl methyl sites for hydroxylation is 2. The second-order valence-electron chi connectivity index (χ2n) is 8.35. The summed E-state index contributed by atoms with van der Waals surface area (Å²) in [4.78, 5) is 16.2. The number of para-hydroxylation sites is 1. The van der Waals surface area contributed by atoms with Crippen LogP contribution in [0, 0.1) is 19.8 Å². The SMILES string of the molecule is Cc1ccc(S(=O)(=O)N2CCC(C(=O)NCCc3c[nH]c4ccccc34)CC2)c(C)c1. The van der Waals surface area contributed by atoms with Crippen LogP contribution in [0.3, 0.4) is 0 Å². The minimum Gasteiger partial charge on any atom is -0.361 e. The van der Waals surface area contributed by atoms with E-state index in [1.807, 2.05) is 50.4 Å². The molecule has 0 aliphatic carbocycles. The summed E-state index contributed by atoms with van der Waals surface area (Å²) in [5.41, 5.74) is 4.09. The molecule has 0 spiro atoms. The molecule has 1 aliphatic heterocycles. The Morgan fingerprint density at radius 3 is 2.61 bits per heavy atom. The Labute approximate surface area is 183 Å². The fraction of sp³-hybridized carbons (Fsp3) is 0.375. The van der Waals surface area contributed by atoms with Crippen LogP contribution in [0.1, 0.15) is 29.5 Å². The van der Waals surface area contributed by atoms with E-state index in [0.29, 0.717) is 37.4 Å². The monoisotopic (exact) mass is 439 g/mol. The van der Waals surface area contributed by atoms with Gasteiger partial charge in [0.15, 0.2) is 0 Å². The molecule has 1 amide bonds. The van der Waals surface area contributed by atoms with Crippen LogP contribution in [-0.4, -0.2) is 43.2 Å². The lowest BCUT2D eigenvalue weighted by Gasteiger charge is -2.31. The third-order valence-corrected chi connectivity index (χ3v) is 8.20. The lowest BCUT2D eigenvalue weighted by molar-refractivity contribution is -0.126. The summed E-state index contributed by atoms with van der Waals surface area (Å²) in [5, 5.41) is 4.22. The molecule has 3 aromatic rings. The summed E-state index contributed by atoms with van der Waals surface area (Å²) in [6.45, 7) is 5.09. The minimum absolute atomic E-state index is 0.0170. The van der Waals surface area contributed by atoms with Crippen molar-refractivity contribution >= 4 is 26.8 Å². The van der Waals surface area contributed by atoms with E-state index >= 15 is 0 Å². The number of aromatic amines is 1. The van der Waals surface area contributed by atoms with E-state index in [2.05, 4.69) is 16.4 Å². The van der Waals surface area contributed by atoms with Crippen molar-refractivity contribution in [1.82, 2.24) is 14.6 Å². The van der Waals surface area contributed by atoms with Crippen LogP contribution in [0.5, 0.6) is 0 Å². The number of hydrogen-bond acceptors (Lipinski definition) is 3. The maximum absolute atomic E-state index is 13.0. The Morgan fingerprint density at radius 1 is 1.13 bits per heavy atom. The molecular weight excluding hydrogens is 410 g/mol. The van der Waals surface area contributed by atoms with Gasteiger partial charge in [0.05, 0.1) is 4.90 Å². The van der Waals surface area contributed by atoms with Crippen molar-refractivity contribution in [2.24, 2.45) is 5.92 Å². The number of rotatable bonds is 6. The number of carbonyl (C=O) groups excluding carboxylic acids is 1. The van der Waals surface area contributed by atoms with E-state index in [4.69, 9.17) is 0 Å². The summed E-state index contributed by atoms with van der Waals surface area (Å²) >= 11 is 0. The fourth-order valence-corrected chi connectivity index (χ4v) is 6.06. The summed E-state index contributed by atoms with van der Waals surface area (Å²) in [6.07, 6.45) is 3.84. The van der Waals surface area contributed by atoms with Gasteiger partial charge in [0, 0.05) is 42.7 Å². The van der Waals surface area contributed by atoms with E-state index < -0.39 is 10.0 Å². The molecule has 1 saturated heterocycles. The molecule has 31 heavy (non-hydrogen) atoms. The topological polar surface area (TPSA) is 82.3 Å². The quantitative estimate of drug-likeness (QED) is 0.616. The number of carbonyl (C=O) groups is 1. The Kier molecular flexibility index (Phi) is 6.16. The van der Waals surface area contributed by atoms with Crippen molar-refractivity contribution in [2.45, 2.75) is 38.0 Å². The van der Waals surface area contributed by atoms with Gasteiger partial charge < -0.3 is 10.3 Å². The molecule has 1 aliphatic rings. The normalized spacial score (nSPS) is 15.9. The Balaban J connectivity index is 1.30. The number of sulfonamides is 1. The molecule has 0 unspecified atom stereocenters. The Bertz CT molecular complexity index is 1190. The highest BCUT2D eigenvalue weighted by atomic mass is 32.2. The van der Waals surface area contributed by atoms with Crippen molar-refractivity contribution < 1.29 is 13.2 Å². The summed E-state index contributed by atoms with van der Waals surface area (Å²) in [7, 11) is -3.53. The van der Waals surface area contributed by atoms with Crippen LogP contribution in [0.25, 0.3) is 10.9 Å². The molecule has 0 radical (unpaired) electrons. The molecule has 1 fully saturated rings. The van der Waals surface area contributed by atoms with Crippen molar-refractivity contribution in [1.29, 1.82) is 0 Å². The molecule has 1 aromatic heterocycles. The van der Waals surface area contributed by atoms with Gasteiger partial charge >= 0.3 is 0 Å². The predicted octanol–water partition coefficient (Wildman–Crippen LogP) is 3.54. The average molecular weight is 440 g/mol. The lowest BCUT2D eigenvalue weighted by Crippen LogP contribution is -2.43. The van der Waals surface area contributed by atoms with Gasteiger partial charge in [-0.3, -0.25) is 4.79 Å². The molecule has 0 atom stereocenters. The average Bonchev–Trinajstić information content (AvgIpc) is 3.17. The lowest BCUT2D eigenvalue weighted by atomic mass is 9.97. The second kappa shape index (κ2) is 8.85. The van der Waals surface area contributed by atoms with Crippen LogP contribution in [0.2, 0.25) is 0 Å². The Hall–Kier alpha value is -2.64. The first-order chi connectivity index (χ1) is 14.9. The molecule has 0 bridgehead atoms. The second-order valence-corrected chi connectivity index (χ2v) is 10.3. The first-order valence-electron chi connectivity index (χ1n) is 10.8. The van der Waals surface area contributed by atoms with Crippen LogP contribution >= 0.6 is 0 Å². The van der Waals surface area contributed by atoms with Crippen LogP contribution < -0.4 is 5.32 Å². The highest BCUT2D eigenvalue weighted by Gasteiger charge is 2.32. The largest absolute Gasteiger partial charge is 0.361 e. The van der Waals surface area contributed by atoms with Crippen LogP contribution in [0.15, 0.2) is 53.6 Å². The number of nitrogens with zero attached hydrogens (tertiary/aromatic N) is 1. The molecule has 2 N–H and O–H groups in total. The maximum atomic E-state index is 13.0. The molecule has 2 heterocycles. The molecule has 164 valence electrons. The highest BCUT2D eigenvalue weighted by molar-refractivity contribution is 7.89. The van der Waals surface area contributed by atoms with Gasteiger partial charge in [-0.15, -0.1) is 0 Å². The molecule has 6 nitrogen and oxygen atoms in total. The number of H-pyrrole nitrogens is 1. The number of aromatic nitrogens is 1. The number of amides is 1. The molecule has 2 aromatic carbocycles. The van der Waals surface area contributed by atoms with Crippen LogP contribution in [-0.2, 0) is 21.2 Å². The van der Waals surface area contributed by atoms with E-state index in [9.17, 15) is 13.2 Å². The fourth-order valence-electron chi connectivity index (χ4n) is 4.39. The highest BCUT2D eigenvalue weighted by Crippen LogP contribution is 2.26. The third-order valence-electron chi connectivity index (χ3n) is 6.14. The van der Waals surface area contributed by atoms with Gasteiger partial charge in [-0.25, -0.2) is 8.42 Å². The van der Waals surface area contributed by atoms with E-state index in [1.165, 1.54) is 15.3 Å². The number of piperidine rings is 1. The summed E-state index contributed by atoms with van der Waals surface area (Å²) in [5.74, 6) is -0.128. The van der Waals surface area contributed by atoms with Gasteiger partial charge in [-0.1, -0.05) is 35.9 Å². The molecule has 4 rings (SSSR count). The van der Waals surface area contributed by atoms with Crippen molar-refractivity contribution in [3.63, 3.8) is 0 Å². The number of hydrogen-bond donors (Lipinski definition) is 2. The van der Waals surface area contributed by atoms with Gasteiger partial charge in [0.1, 0.15) is 0 Å². The zero-order valence-corrected chi connectivity index (χ0v) is 18.8. The van der Waals surface area contributed by atoms with Gasteiger partial charge in [0.25, 0.3) is 0 Å². The maximum Gasteiger partial charge on any atom is 0.243 e. The van der Waals surface area contributed by atoms with Gasteiger partial charge in [-0.2, -0.15) is 4.31 Å². The standard InChI is InChI=1S/C24H29N3O3S/c1-17-7-8-23(18(2)15-17)31(29,30)27-13-10-19(11-14-27)24(28)25-12-9-20-16-26-22-6-4-3-5-21(20)22/h3-8,15-16,19,26H,9-14H2,1-2H3,(H,25,28). The van der Waals surface area contributed by atoms with E-state index in [1.54, 1.807) is 6.07 Å². The zero-order chi connectivity index (χ0) is 22.0. The van der Waals surface area contributed by atoms with Crippen LogP contribution in [0.4, 0.5) is 0 Å². The molecule has 7 heteroatoms. The number of nitrogens with one attached hydrogen (secondary N) is 2. The molecule has 0 saturated carbocycles. The third kappa shape index (κ3) is 4.52.